The first-order chi connectivity index (χ1) is 26.4. The molecule has 0 aliphatic heterocycles. The number of hydrogen-bond acceptors (Lipinski definition) is 0. The summed E-state index contributed by atoms with van der Waals surface area (Å²) in [6.45, 7) is 65.2. The molecule has 2 unspecified atom stereocenters. The minimum atomic E-state index is 0.00708. The van der Waals surface area contributed by atoms with Crippen molar-refractivity contribution < 1.29 is 0 Å². The largest absolute Gasteiger partial charge is 0.0584 e. The fraction of sp³-hybridized carbons (Fsp3) is 0.632. The number of benzene rings is 3. The molecule has 332 valence electrons. The van der Waals surface area contributed by atoms with E-state index in [2.05, 4.69) is 223 Å². The zero-order valence-corrected chi connectivity index (χ0v) is 46.8. The number of hydrogen-bond donors (Lipinski definition) is 0. The second-order valence-electron chi connectivity index (χ2n) is 27.5. The average Bonchev–Trinajstić information content (AvgIpc) is 3.64. The van der Waals surface area contributed by atoms with Crippen LogP contribution in [0.2, 0.25) is 0 Å². The molecule has 0 aromatic heterocycles. The summed E-state index contributed by atoms with van der Waals surface area (Å²) in [5, 5.41) is 7.96. The van der Waals surface area contributed by atoms with E-state index >= 15 is 0 Å². The van der Waals surface area contributed by atoms with Crippen molar-refractivity contribution in [1.82, 2.24) is 0 Å². The molecule has 4 aromatic rings. The Morgan fingerprint density at radius 1 is 0.267 bits per heavy atom. The fourth-order valence-corrected chi connectivity index (χ4v) is 14.7. The van der Waals surface area contributed by atoms with Gasteiger partial charge in [-0.1, -0.05) is 249 Å². The topological polar surface area (TPSA) is 0 Å². The van der Waals surface area contributed by atoms with E-state index in [0.29, 0.717) is 17.2 Å². The van der Waals surface area contributed by atoms with E-state index < -0.39 is 0 Å². The van der Waals surface area contributed by atoms with E-state index in [1.165, 1.54) is 63.6 Å². The molecule has 4 rings (SSSR count). The van der Waals surface area contributed by atoms with Crippen LogP contribution in [0.15, 0.2) is 36.4 Å². The normalized spacial score (nSPS) is 14.9. The van der Waals surface area contributed by atoms with Gasteiger partial charge in [-0.15, -0.1) is 0 Å². The molecule has 0 saturated heterocycles. The summed E-state index contributed by atoms with van der Waals surface area (Å²) in [7, 11) is 2.60. The van der Waals surface area contributed by atoms with E-state index in [9.17, 15) is 0 Å². The molecule has 0 nitrogen and oxygen atoms in total. The van der Waals surface area contributed by atoms with Crippen LogP contribution >= 0.6 is 25.4 Å². The Morgan fingerprint density at radius 3 is 0.650 bits per heavy atom. The third kappa shape index (κ3) is 11.6. The lowest BCUT2D eigenvalue weighted by Gasteiger charge is -2.34. The van der Waals surface area contributed by atoms with Crippen molar-refractivity contribution >= 4 is 51.9 Å². The quantitative estimate of drug-likeness (QED) is 0.175. The maximum Gasteiger partial charge on any atom is 0.0192 e. The molecule has 0 bridgehead atoms. The summed E-state index contributed by atoms with van der Waals surface area (Å²) >= 11 is 0. The van der Waals surface area contributed by atoms with E-state index in [4.69, 9.17) is 0 Å². The van der Waals surface area contributed by atoms with E-state index in [1.807, 2.05) is 0 Å². The van der Waals surface area contributed by atoms with Gasteiger partial charge in [-0.2, -0.15) is 0 Å². The zero-order valence-electron chi connectivity index (χ0n) is 43.9. The summed E-state index contributed by atoms with van der Waals surface area (Å²) in [6.07, 6.45) is 0. The van der Waals surface area contributed by atoms with Crippen LogP contribution in [0.4, 0.5) is 0 Å². The van der Waals surface area contributed by atoms with Gasteiger partial charge >= 0.3 is 0 Å². The van der Waals surface area contributed by atoms with E-state index in [1.54, 1.807) is 26.2 Å². The summed E-state index contributed by atoms with van der Waals surface area (Å²) in [4.78, 5) is 1.60. The van der Waals surface area contributed by atoms with Crippen LogP contribution in [0.25, 0.3) is 0 Å². The molecule has 2 atom stereocenters. The van der Waals surface area contributed by atoms with Gasteiger partial charge < -0.3 is 0 Å². The first-order valence-corrected chi connectivity index (χ1v) is 25.8. The summed E-state index contributed by atoms with van der Waals surface area (Å²) in [5.74, 6) is 0. The van der Waals surface area contributed by atoms with Gasteiger partial charge in [-0.25, -0.2) is 0 Å². The predicted molar refractivity (Wildman–Crippen MR) is 281 cm³/mol. The molecular formula is C57H89P3. The van der Waals surface area contributed by atoms with Crippen molar-refractivity contribution in [3.8, 4) is 0 Å². The van der Waals surface area contributed by atoms with E-state index in [0.717, 1.165) is 0 Å². The lowest BCUT2D eigenvalue weighted by molar-refractivity contribution is 0.553. The highest BCUT2D eigenvalue weighted by Crippen LogP contribution is 2.43. The Labute approximate surface area is 377 Å². The third-order valence-corrected chi connectivity index (χ3v) is 17.3. The first-order valence-electron chi connectivity index (χ1n) is 22.9. The van der Waals surface area contributed by atoms with Gasteiger partial charge in [0.1, 0.15) is 0 Å². The Balaban J connectivity index is 2.26. The van der Waals surface area contributed by atoms with Crippen LogP contribution in [0.1, 0.15) is 237 Å². The van der Waals surface area contributed by atoms with Gasteiger partial charge in [0.2, 0.25) is 0 Å². The highest BCUT2D eigenvalue weighted by Gasteiger charge is 2.36. The molecule has 3 heteroatoms. The molecule has 0 heterocycles. The summed E-state index contributed by atoms with van der Waals surface area (Å²) in [6, 6.07) is 15.5. The lowest BCUT2D eigenvalue weighted by Crippen LogP contribution is -2.31. The molecule has 0 amide bonds. The minimum Gasteiger partial charge on any atom is -0.0584 e. The Kier molecular flexibility index (Phi) is 13.7. The first kappa shape index (κ1) is 51.1. The van der Waals surface area contributed by atoms with Crippen molar-refractivity contribution in [2.24, 2.45) is 0 Å². The van der Waals surface area contributed by atoms with Crippen molar-refractivity contribution in [3.05, 3.63) is 91.4 Å². The maximum absolute atomic E-state index is 2.58. The molecule has 0 aliphatic carbocycles. The van der Waals surface area contributed by atoms with Gasteiger partial charge in [0.25, 0.3) is 0 Å². The second-order valence-corrected chi connectivity index (χ2v) is 31.1. The van der Waals surface area contributed by atoms with Gasteiger partial charge in [-0.05, 0) is 120 Å². The minimum absolute atomic E-state index is 0.00708. The van der Waals surface area contributed by atoms with Crippen molar-refractivity contribution in [2.45, 2.75) is 236 Å². The third-order valence-electron chi connectivity index (χ3n) is 12.2. The van der Waals surface area contributed by atoms with Crippen molar-refractivity contribution in [3.63, 3.8) is 0 Å². The highest BCUT2D eigenvalue weighted by molar-refractivity contribution is 7.65. The maximum atomic E-state index is 2.58. The molecule has 0 radical (unpaired) electrons. The van der Waals surface area contributed by atoms with E-state index in [-0.39, 0.29) is 48.7 Å². The monoisotopic (exact) mass is 867 g/mol. The SMILES string of the molecule is CC(C)(C)c1cc(C(C)(C)C)c(P=c2c(Pc3c(C(C)(C)C)cc(C(C)(C)C)cc3C(C)(C)C)c2Pc2c(C(C)(C)C)cc(C(C)(C)C)cc2C(C)(C)C)c(C(C)(C)C)c1. The van der Waals surface area contributed by atoms with Crippen LogP contribution in [0.5, 0.6) is 0 Å². The Hall–Kier alpha value is -1.57. The molecule has 4 aromatic carbocycles. The van der Waals surface area contributed by atoms with Crippen molar-refractivity contribution in [1.29, 1.82) is 0 Å². The standard InChI is InChI=1S/C57H89P3/c1-49(2,3)34-28-37(52(10,11)12)43(38(29-34)53(13,14)15)58-46-47(59-44-39(54(16,17)18)30-35(50(4,5)6)31-40(44)55(19,20)21)48(46)60-45-41(56(22,23)24)32-36(51(7,8)9)33-42(45)57(25,26)27/h28-33,58-59H,1-27H3. The number of rotatable bonds is 5. The second kappa shape index (κ2) is 16.1. The van der Waals surface area contributed by atoms with Gasteiger partial charge in [0.15, 0.2) is 0 Å². The summed E-state index contributed by atoms with van der Waals surface area (Å²) in [5.41, 5.74) is 13.7. The lowest BCUT2D eigenvalue weighted by atomic mass is 9.75. The van der Waals surface area contributed by atoms with Crippen LogP contribution in [-0.4, -0.2) is 0 Å². The Morgan fingerprint density at radius 2 is 0.467 bits per heavy atom. The van der Waals surface area contributed by atoms with Gasteiger partial charge in [0.05, 0.1) is 0 Å². The smallest absolute Gasteiger partial charge is 0.0192 e. The summed E-state index contributed by atoms with van der Waals surface area (Å²) < 4.78 is 0. The molecular weight excluding hydrogens is 778 g/mol. The molecule has 0 aliphatic rings. The average molecular weight is 867 g/mol. The zero-order chi connectivity index (χ0) is 46.5. The van der Waals surface area contributed by atoms with Crippen LogP contribution < -0.4 is 26.5 Å². The van der Waals surface area contributed by atoms with Crippen molar-refractivity contribution in [2.75, 3.05) is 0 Å². The molecule has 0 N–H and O–H groups in total. The molecule has 0 spiro atoms. The van der Waals surface area contributed by atoms with Gasteiger partial charge in [-0.3, -0.25) is 0 Å². The van der Waals surface area contributed by atoms with Crippen LogP contribution in [0, 0.1) is 4.94 Å². The van der Waals surface area contributed by atoms with Crippen LogP contribution in [0.3, 0.4) is 0 Å². The highest BCUT2D eigenvalue weighted by atomic mass is 31.1. The van der Waals surface area contributed by atoms with Gasteiger partial charge in [0, 0.05) is 10.2 Å². The Bertz CT molecular complexity index is 2020. The molecule has 60 heavy (non-hydrogen) atoms. The fourth-order valence-electron chi connectivity index (χ4n) is 8.01. The van der Waals surface area contributed by atoms with Crippen LogP contribution in [-0.2, 0) is 48.7 Å². The molecule has 0 fully saturated rings. The predicted octanol–water partition coefficient (Wildman–Crippen LogP) is 15.3. The molecule has 0 saturated carbocycles.